The Bertz CT molecular complexity index is 834. The lowest BCUT2D eigenvalue weighted by atomic mass is 10.1. The highest BCUT2D eigenvalue weighted by molar-refractivity contribution is 6.06. The first-order valence-corrected chi connectivity index (χ1v) is 7.29. The molecule has 2 rings (SSSR count). The topological polar surface area (TPSA) is 125 Å². The maximum Gasteiger partial charge on any atom is 0.271 e. The van der Waals surface area contributed by atoms with Gasteiger partial charge in [0.2, 0.25) is 0 Å². The van der Waals surface area contributed by atoms with E-state index in [1.165, 1.54) is 36.4 Å². The third-order valence-electron chi connectivity index (χ3n) is 3.10. The molecule has 0 atom stereocenters. The summed E-state index contributed by atoms with van der Waals surface area (Å²) in [7, 11) is 0. The Morgan fingerprint density at radius 2 is 1.68 bits per heavy atom. The average molecular weight is 345 g/mol. The van der Waals surface area contributed by atoms with Gasteiger partial charge in [0.15, 0.2) is 0 Å². The first-order valence-electron chi connectivity index (χ1n) is 7.29. The normalized spacial score (nSPS) is 10.4. The Balaban J connectivity index is 2.36. The SMILES string of the molecule is CC(C)Oc1ccc([N+](=O)[O-])cc1C(=O)Nc1cccc([N+](=O)[O-])c1. The van der Waals surface area contributed by atoms with Gasteiger partial charge in [-0.05, 0) is 26.0 Å². The Morgan fingerprint density at radius 3 is 2.28 bits per heavy atom. The second kappa shape index (κ2) is 7.39. The number of amides is 1. The van der Waals surface area contributed by atoms with E-state index in [2.05, 4.69) is 5.32 Å². The fourth-order valence-corrected chi connectivity index (χ4v) is 2.06. The fraction of sp³-hybridized carbons (Fsp3) is 0.188. The van der Waals surface area contributed by atoms with Gasteiger partial charge in [0.1, 0.15) is 5.75 Å². The summed E-state index contributed by atoms with van der Waals surface area (Å²) in [4.78, 5) is 33.0. The minimum atomic E-state index is -0.667. The lowest BCUT2D eigenvalue weighted by Gasteiger charge is -2.14. The minimum Gasteiger partial charge on any atom is -0.490 e. The van der Waals surface area contributed by atoms with Gasteiger partial charge in [-0.2, -0.15) is 0 Å². The summed E-state index contributed by atoms with van der Waals surface area (Å²) in [6.07, 6.45) is -0.245. The molecule has 0 heterocycles. The summed E-state index contributed by atoms with van der Waals surface area (Å²) in [6.45, 7) is 3.51. The molecule has 0 spiro atoms. The lowest BCUT2D eigenvalue weighted by molar-refractivity contribution is -0.385. The molecular weight excluding hydrogens is 330 g/mol. The van der Waals surface area contributed by atoms with Crippen LogP contribution in [0.1, 0.15) is 24.2 Å². The number of hydrogen-bond donors (Lipinski definition) is 1. The zero-order valence-corrected chi connectivity index (χ0v) is 13.5. The van der Waals surface area contributed by atoms with Gasteiger partial charge in [-0.1, -0.05) is 6.07 Å². The summed E-state index contributed by atoms with van der Waals surface area (Å²) in [6, 6.07) is 9.07. The largest absolute Gasteiger partial charge is 0.490 e. The van der Waals surface area contributed by atoms with Crippen molar-refractivity contribution < 1.29 is 19.4 Å². The van der Waals surface area contributed by atoms with E-state index in [0.29, 0.717) is 0 Å². The Morgan fingerprint density at radius 1 is 1.04 bits per heavy atom. The monoisotopic (exact) mass is 345 g/mol. The lowest BCUT2D eigenvalue weighted by Crippen LogP contribution is -2.16. The molecule has 0 aromatic heterocycles. The van der Waals surface area contributed by atoms with Crippen molar-refractivity contribution in [2.75, 3.05) is 5.32 Å². The van der Waals surface area contributed by atoms with Crippen LogP contribution in [0.3, 0.4) is 0 Å². The quantitative estimate of drug-likeness (QED) is 0.630. The van der Waals surface area contributed by atoms with Crippen LogP contribution in [-0.4, -0.2) is 21.9 Å². The van der Waals surface area contributed by atoms with E-state index in [1.54, 1.807) is 13.8 Å². The van der Waals surface area contributed by atoms with Gasteiger partial charge in [-0.3, -0.25) is 25.0 Å². The van der Waals surface area contributed by atoms with E-state index in [0.717, 1.165) is 6.07 Å². The number of nitrogens with zero attached hydrogens (tertiary/aromatic N) is 2. The van der Waals surface area contributed by atoms with Gasteiger partial charge in [0, 0.05) is 30.0 Å². The van der Waals surface area contributed by atoms with E-state index in [-0.39, 0.29) is 34.5 Å². The third kappa shape index (κ3) is 4.50. The molecule has 25 heavy (non-hydrogen) atoms. The average Bonchev–Trinajstić information content (AvgIpc) is 2.54. The van der Waals surface area contributed by atoms with Crippen molar-refractivity contribution in [1.82, 2.24) is 0 Å². The summed E-state index contributed by atoms with van der Waals surface area (Å²) in [5.74, 6) is -0.483. The van der Waals surface area contributed by atoms with Crippen LogP contribution in [0.5, 0.6) is 5.75 Å². The first-order chi connectivity index (χ1) is 11.8. The Hall–Kier alpha value is -3.49. The van der Waals surface area contributed by atoms with Crippen LogP contribution in [0.15, 0.2) is 42.5 Å². The molecule has 0 bridgehead atoms. The fourth-order valence-electron chi connectivity index (χ4n) is 2.06. The number of rotatable bonds is 6. The zero-order valence-electron chi connectivity index (χ0n) is 13.5. The van der Waals surface area contributed by atoms with E-state index < -0.39 is 15.8 Å². The maximum atomic E-state index is 12.5. The van der Waals surface area contributed by atoms with E-state index in [9.17, 15) is 25.0 Å². The number of ether oxygens (including phenoxy) is 1. The number of nitro groups is 2. The standard InChI is InChI=1S/C16H15N3O6/c1-10(2)25-15-7-6-13(19(23)24)9-14(15)16(20)17-11-4-3-5-12(8-11)18(21)22/h3-10H,1-2H3,(H,17,20). The molecule has 0 fully saturated rings. The number of nitrogens with one attached hydrogen (secondary N) is 1. The molecule has 0 radical (unpaired) electrons. The van der Waals surface area contributed by atoms with Gasteiger partial charge in [-0.15, -0.1) is 0 Å². The molecule has 0 aliphatic carbocycles. The molecule has 0 saturated carbocycles. The van der Waals surface area contributed by atoms with E-state index in [4.69, 9.17) is 4.74 Å². The highest BCUT2D eigenvalue weighted by atomic mass is 16.6. The number of carbonyl (C=O) groups is 1. The van der Waals surface area contributed by atoms with Crippen LogP contribution in [0.4, 0.5) is 17.1 Å². The number of hydrogen-bond acceptors (Lipinski definition) is 6. The molecule has 130 valence electrons. The van der Waals surface area contributed by atoms with Crippen molar-refractivity contribution in [3.05, 3.63) is 68.3 Å². The number of non-ortho nitro benzene ring substituents is 2. The molecule has 2 aromatic carbocycles. The number of benzene rings is 2. The van der Waals surface area contributed by atoms with Crippen LogP contribution in [0, 0.1) is 20.2 Å². The molecular formula is C16H15N3O6. The predicted molar refractivity (Wildman–Crippen MR) is 89.9 cm³/mol. The van der Waals surface area contributed by atoms with E-state index in [1.807, 2.05) is 0 Å². The van der Waals surface area contributed by atoms with Crippen molar-refractivity contribution in [1.29, 1.82) is 0 Å². The van der Waals surface area contributed by atoms with Gasteiger partial charge < -0.3 is 10.1 Å². The molecule has 9 heteroatoms. The molecule has 0 aliphatic rings. The smallest absolute Gasteiger partial charge is 0.271 e. The molecule has 1 amide bonds. The van der Waals surface area contributed by atoms with Crippen LogP contribution < -0.4 is 10.1 Å². The van der Waals surface area contributed by atoms with Gasteiger partial charge in [-0.25, -0.2) is 0 Å². The second-order valence-corrected chi connectivity index (χ2v) is 5.37. The molecule has 0 saturated heterocycles. The highest BCUT2D eigenvalue weighted by Crippen LogP contribution is 2.27. The zero-order chi connectivity index (χ0) is 18.6. The molecule has 1 N–H and O–H groups in total. The van der Waals surface area contributed by atoms with Crippen molar-refractivity contribution in [3.63, 3.8) is 0 Å². The predicted octanol–water partition coefficient (Wildman–Crippen LogP) is 3.54. The molecule has 9 nitrogen and oxygen atoms in total. The summed E-state index contributed by atoms with van der Waals surface area (Å²) < 4.78 is 5.51. The number of carbonyl (C=O) groups excluding carboxylic acids is 1. The first kappa shape index (κ1) is 17.9. The number of anilines is 1. The van der Waals surface area contributed by atoms with Gasteiger partial charge >= 0.3 is 0 Å². The van der Waals surface area contributed by atoms with Crippen LogP contribution >= 0.6 is 0 Å². The summed E-state index contributed by atoms with van der Waals surface area (Å²) >= 11 is 0. The summed E-state index contributed by atoms with van der Waals surface area (Å²) in [5.41, 5.74) is -0.286. The second-order valence-electron chi connectivity index (χ2n) is 5.37. The number of nitro benzene ring substituents is 2. The minimum absolute atomic E-state index is 0.0330. The Kier molecular flexibility index (Phi) is 5.28. The Labute approximate surface area is 142 Å². The van der Waals surface area contributed by atoms with Crippen molar-refractivity contribution in [2.45, 2.75) is 20.0 Å². The molecule has 2 aromatic rings. The van der Waals surface area contributed by atoms with Crippen molar-refractivity contribution in [2.24, 2.45) is 0 Å². The third-order valence-corrected chi connectivity index (χ3v) is 3.10. The van der Waals surface area contributed by atoms with Crippen LogP contribution in [-0.2, 0) is 0 Å². The van der Waals surface area contributed by atoms with Crippen molar-refractivity contribution in [3.8, 4) is 5.75 Å². The van der Waals surface area contributed by atoms with Gasteiger partial charge in [0.25, 0.3) is 17.3 Å². The van der Waals surface area contributed by atoms with Crippen LogP contribution in [0.2, 0.25) is 0 Å². The van der Waals surface area contributed by atoms with Crippen LogP contribution in [0.25, 0.3) is 0 Å². The molecule has 0 unspecified atom stereocenters. The van der Waals surface area contributed by atoms with Gasteiger partial charge in [0.05, 0.1) is 21.5 Å². The summed E-state index contributed by atoms with van der Waals surface area (Å²) in [5, 5.41) is 24.2. The maximum absolute atomic E-state index is 12.5. The molecule has 0 aliphatic heterocycles. The van der Waals surface area contributed by atoms with E-state index >= 15 is 0 Å². The highest BCUT2D eigenvalue weighted by Gasteiger charge is 2.19. The van der Waals surface area contributed by atoms with Crippen molar-refractivity contribution >= 4 is 23.0 Å².